The van der Waals surface area contributed by atoms with Gasteiger partial charge in [0.25, 0.3) is 15.9 Å². The lowest BCUT2D eigenvalue weighted by Crippen LogP contribution is -2.44. The zero-order chi connectivity index (χ0) is 15.2. The molecule has 0 bridgehead atoms. The van der Waals surface area contributed by atoms with E-state index in [1.54, 1.807) is 18.2 Å². The van der Waals surface area contributed by atoms with Gasteiger partial charge in [-0.25, -0.2) is 12.7 Å². The Morgan fingerprint density at radius 2 is 1.85 bits per heavy atom. The number of sulfonamides is 1. The van der Waals surface area contributed by atoms with Crippen LogP contribution in [0.4, 0.5) is 0 Å². The van der Waals surface area contributed by atoms with Crippen LogP contribution in [-0.4, -0.2) is 38.3 Å². The van der Waals surface area contributed by atoms with Crippen LogP contribution in [0.5, 0.6) is 0 Å². The van der Waals surface area contributed by atoms with Crippen molar-refractivity contribution in [2.75, 3.05) is 13.6 Å². The fourth-order valence-electron chi connectivity index (χ4n) is 1.73. The van der Waals surface area contributed by atoms with Gasteiger partial charge in [0.2, 0.25) is 0 Å². The van der Waals surface area contributed by atoms with Gasteiger partial charge in [0.05, 0.1) is 10.9 Å². The molecule has 20 heavy (non-hydrogen) atoms. The van der Waals surface area contributed by atoms with Gasteiger partial charge in [-0.15, -0.1) is 0 Å². The number of hydrogen-bond donors (Lipinski definition) is 2. The van der Waals surface area contributed by atoms with Gasteiger partial charge in [-0.2, -0.15) is 0 Å². The minimum Gasteiger partial charge on any atom is -0.330 e. The van der Waals surface area contributed by atoms with Crippen molar-refractivity contribution < 1.29 is 13.2 Å². The lowest BCUT2D eigenvalue weighted by Gasteiger charge is -2.21. The number of hydrogen-bond acceptors (Lipinski definition) is 5. The Kier molecular flexibility index (Phi) is 6.12. The second-order valence-electron chi connectivity index (χ2n) is 4.51. The molecule has 7 heteroatoms. The van der Waals surface area contributed by atoms with Crippen molar-refractivity contribution in [2.24, 2.45) is 11.5 Å². The Bertz CT molecular complexity index is 531. The normalized spacial score (nSPS) is 12.9. The summed E-state index contributed by atoms with van der Waals surface area (Å²) in [7, 11) is -2.61. The van der Waals surface area contributed by atoms with E-state index in [1.807, 2.05) is 0 Å². The monoisotopic (exact) mass is 299 g/mol. The average Bonchev–Trinajstić information content (AvgIpc) is 2.46. The molecule has 4 N–H and O–H groups in total. The molecule has 0 saturated heterocycles. The molecule has 0 radical (unpaired) electrons. The number of unbranched alkanes of at least 4 members (excludes halogenated alkanes) is 1. The molecule has 0 aliphatic carbocycles. The number of nitrogens with zero attached hydrogens (tertiary/aromatic N) is 1. The maximum Gasteiger partial charge on any atom is 0.266 e. The van der Waals surface area contributed by atoms with Crippen LogP contribution in [0.3, 0.4) is 0 Å². The number of rotatable bonds is 7. The van der Waals surface area contributed by atoms with E-state index in [9.17, 15) is 13.2 Å². The SMILES string of the molecule is CN(C(=O)[C@@H](N)CCCCN)S(=O)(=O)c1ccccc1. The fraction of sp³-hybridized carbons (Fsp3) is 0.462. The highest BCUT2D eigenvalue weighted by molar-refractivity contribution is 7.89. The predicted octanol–water partition coefficient (Wildman–Crippen LogP) is 0.290. The van der Waals surface area contributed by atoms with E-state index in [0.717, 1.165) is 10.7 Å². The summed E-state index contributed by atoms with van der Waals surface area (Å²) in [6, 6.07) is 6.97. The zero-order valence-corrected chi connectivity index (χ0v) is 12.3. The van der Waals surface area contributed by atoms with Crippen molar-refractivity contribution in [3.8, 4) is 0 Å². The van der Waals surface area contributed by atoms with Crippen LogP contribution in [-0.2, 0) is 14.8 Å². The standard InChI is InChI=1S/C13H21N3O3S/c1-16(13(17)12(15)9-5-6-10-14)20(18,19)11-7-3-2-4-8-11/h2-4,7-8,12H,5-6,9-10,14-15H2,1H3/t12-/m0/s1. The van der Waals surface area contributed by atoms with E-state index in [4.69, 9.17) is 11.5 Å². The third-order valence-electron chi connectivity index (χ3n) is 3.00. The van der Waals surface area contributed by atoms with Crippen molar-refractivity contribution in [3.05, 3.63) is 30.3 Å². The van der Waals surface area contributed by atoms with E-state index >= 15 is 0 Å². The topological polar surface area (TPSA) is 106 Å². The van der Waals surface area contributed by atoms with Crippen molar-refractivity contribution in [3.63, 3.8) is 0 Å². The first kappa shape index (κ1) is 16.6. The first-order valence-electron chi connectivity index (χ1n) is 6.44. The number of benzene rings is 1. The molecule has 0 heterocycles. The second-order valence-corrected chi connectivity index (χ2v) is 6.48. The Morgan fingerprint density at radius 3 is 2.40 bits per heavy atom. The summed E-state index contributed by atoms with van der Waals surface area (Å²) in [5.74, 6) is -0.606. The van der Waals surface area contributed by atoms with Crippen LogP contribution in [0, 0.1) is 0 Å². The largest absolute Gasteiger partial charge is 0.330 e. The number of nitrogens with two attached hydrogens (primary N) is 2. The number of carbonyl (C=O) groups is 1. The highest BCUT2D eigenvalue weighted by Gasteiger charge is 2.28. The molecule has 1 rings (SSSR count). The molecule has 1 aromatic carbocycles. The smallest absolute Gasteiger partial charge is 0.266 e. The summed E-state index contributed by atoms with van der Waals surface area (Å²) >= 11 is 0. The molecule has 0 aromatic heterocycles. The maximum atomic E-state index is 12.2. The average molecular weight is 299 g/mol. The summed E-state index contributed by atoms with van der Waals surface area (Å²) in [5.41, 5.74) is 11.1. The Hall–Kier alpha value is -1.44. The molecule has 1 aromatic rings. The number of likely N-dealkylation sites (N-methyl/N-ethyl adjacent to an activating group) is 1. The molecular weight excluding hydrogens is 278 g/mol. The molecule has 0 aliphatic heterocycles. The van der Waals surface area contributed by atoms with Crippen LogP contribution < -0.4 is 11.5 Å². The van der Waals surface area contributed by atoms with Crippen LogP contribution >= 0.6 is 0 Å². The predicted molar refractivity (Wildman–Crippen MR) is 77.3 cm³/mol. The number of carbonyl (C=O) groups excluding carboxylic acids is 1. The van der Waals surface area contributed by atoms with Gasteiger partial charge in [0, 0.05) is 7.05 Å². The van der Waals surface area contributed by atoms with E-state index in [1.165, 1.54) is 19.2 Å². The third-order valence-corrected chi connectivity index (χ3v) is 4.77. The first-order valence-corrected chi connectivity index (χ1v) is 7.88. The molecule has 0 saturated carbocycles. The molecule has 1 amide bonds. The minimum absolute atomic E-state index is 0.0741. The summed E-state index contributed by atoms with van der Waals surface area (Å²) in [4.78, 5) is 12.1. The van der Waals surface area contributed by atoms with Gasteiger partial charge < -0.3 is 11.5 Å². The minimum atomic E-state index is -3.83. The maximum absolute atomic E-state index is 12.2. The highest BCUT2D eigenvalue weighted by Crippen LogP contribution is 2.15. The van der Waals surface area contributed by atoms with E-state index in [0.29, 0.717) is 19.4 Å². The lowest BCUT2D eigenvalue weighted by molar-refractivity contribution is -0.127. The number of amides is 1. The molecule has 0 aliphatic rings. The molecule has 0 spiro atoms. The Morgan fingerprint density at radius 1 is 1.25 bits per heavy atom. The summed E-state index contributed by atoms with van der Waals surface area (Å²) in [6.45, 7) is 0.527. The zero-order valence-electron chi connectivity index (χ0n) is 11.5. The lowest BCUT2D eigenvalue weighted by atomic mass is 10.1. The molecule has 1 atom stereocenters. The van der Waals surface area contributed by atoms with Crippen LogP contribution in [0.2, 0.25) is 0 Å². The van der Waals surface area contributed by atoms with Gasteiger partial charge in [-0.05, 0) is 31.5 Å². The van der Waals surface area contributed by atoms with E-state index in [-0.39, 0.29) is 4.90 Å². The molecule has 0 unspecified atom stereocenters. The van der Waals surface area contributed by atoms with Crippen molar-refractivity contribution in [2.45, 2.75) is 30.2 Å². The van der Waals surface area contributed by atoms with Crippen LogP contribution in [0.25, 0.3) is 0 Å². The molecular formula is C13H21N3O3S. The Balaban J connectivity index is 2.78. The quantitative estimate of drug-likeness (QED) is 0.704. The Labute approximate surface area is 119 Å². The van der Waals surface area contributed by atoms with Gasteiger partial charge in [0.1, 0.15) is 0 Å². The van der Waals surface area contributed by atoms with Crippen molar-refractivity contribution in [1.82, 2.24) is 4.31 Å². The van der Waals surface area contributed by atoms with Gasteiger partial charge >= 0.3 is 0 Å². The van der Waals surface area contributed by atoms with Crippen LogP contribution in [0.15, 0.2) is 35.2 Å². The second kappa shape index (κ2) is 7.37. The van der Waals surface area contributed by atoms with Gasteiger partial charge in [-0.3, -0.25) is 4.79 Å². The highest BCUT2D eigenvalue weighted by atomic mass is 32.2. The summed E-state index contributed by atoms with van der Waals surface area (Å²) < 4.78 is 25.2. The summed E-state index contributed by atoms with van der Waals surface area (Å²) in [5, 5.41) is 0. The van der Waals surface area contributed by atoms with Gasteiger partial charge in [0.15, 0.2) is 0 Å². The van der Waals surface area contributed by atoms with E-state index in [2.05, 4.69) is 0 Å². The van der Waals surface area contributed by atoms with E-state index < -0.39 is 22.0 Å². The molecule has 6 nitrogen and oxygen atoms in total. The van der Waals surface area contributed by atoms with Gasteiger partial charge in [-0.1, -0.05) is 24.6 Å². The fourth-order valence-corrected chi connectivity index (χ4v) is 2.92. The third kappa shape index (κ3) is 4.03. The first-order chi connectivity index (χ1) is 9.41. The van der Waals surface area contributed by atoms with Crippen LogP contribution in [0.1, 0.15) is 19.3 Å². The van der Waals surface area contributed by atoms with Crippen molar-refractivity contribution >= 4 is 15.9 Å². The van der Waals surface area contributed by atoms with Crippen molar-refractivity contribution in [1.29, 1.82) is 0 Å². The molecule has 112 valence electrons. The molecule has 0 fully saturated rings. The summed E-state index contributed by atoms with van der Waals surface area (Å²) in [6.07, 6.45) is 1.88.